The highest BCUT2D eigenvalue weighted by molar-refractivity contribution is 6.16. The number of methoxy groups -OCH3 is 2. The zero-order valence-electron chi connectivity index (χ0n) is 15.8. The first-order valence-corrected chi connectivity index (χ1v) is 8.51. The second kappa shape index (κ2) is 8.48. The van der Waals surface area contributed by atoms with Gasteiger partial charge in [0.15, 0.2) is 5.75 Å². The molecule has 144 valence electrons. The summed E-state index contributed by atoms with van der Waals surface area (Å²) in [7, 11) is 2.59. The molecule has 8 nitrogen and oxygen atoms in total. The van der Waals surface area contributed by atoms with Crippen LogP contribution >= 0.6 is 0 Å². The summed E-state index contributed by atoms with van der Waals surface area (Å²) >= 11 is 0. The molecule has 0 spiro atoms. The van der Waals surface area contributed by atoms with Gasteiger partial charge in [-0.15, -0.1) is 0 Å². The van der Waals surface area contributed by atoms with E-state index in [0.717, 1.165) is 12.8 Å². The van der Waals surface area contributed by atoms with Gasteiger partial charge in [-0.2, -0.15) is 0 Å². The molecule has 0 unspecified atom stereocenters. The van der Waals surface area contributed by atoms with E-state index in [1.54, 1.807) is 17.9 Å². The third kappa shape index (κ3) is 3.99. The van der Waals surface area contributed by atoms with Gasteiger partial charge in [-0.25, -0.2) is 4.79 Å². The van der Waals surface area contributed by atoms with E-state index in [-0.39, 0.29) is 28.5 Å². The largest absolute Gasteiger partial charge is 0.490 e. The number of carbonyl (C=O) groups is 2. The van der Waals surface area contributed by atoms with Gasteiger partial charge in [0.05, 0.1) is 30.3 Å². The van der Waals surface area contributed by atoms with Gasteiger partial charge >= 0.3 is 11.7 Å². The number of nitro groups is 1. The molecule has 1 aliphatic heterocycles. The molecule has 1 amide bonds. The molecule has 1 aromatic rings. The summed E-state index contributed by atoms with van der Waals surface area (Å²) in [5.74, 6) is -0.821. The summed E-state index contributed by atoms with van der Waals surface area (Å²) in [6, 6.07) is 4.34. The van der Waals surface area contributed by atoms with E-state index in [0.29, 0.717) is 17.8 Å². The van der Waals surface area contributed by atoms with E-state index in [4.69, 9.17) is 9.47 Å². The van der Waals surface area contributed by atoms with E-state index < -0.39 is 10.9 Å². The fourth-order valence-electron chi connectivity index (χ4n) is 2.92. The van der Waals surface area contributed by atoms with Crippen molar-refractivity contribution in [3.63, 3.8) is 0 Å². The number of nitrogens with zero attached hydrogens (tertiary/aromatic N) is 2. The predicted octanol–water partition coefficient (Wildman–Crippen LogP) is 3.08. The van der Waals surface area contributed by atoms with E-state index >= 15 is 0 Å². The van der Waals surface area contributed by atoms with Crippen LogP contribution in [0.15, 0.2) is 35.0 Å². The summed E-state index contributed by atoms with van der Waals surface area (Å²) in [5, 5.41) is 11.2. The van der Waals surface area contributed by atoms with Gasteiger partial charge in [0.1, 0.15) is 0 Å². The lowest BCUT2D eigenvalue weighted by Crippen LogP contribution is -2.26. The molecule has 0 aromatic heterocycles. The Morgan fingerprint density at radius 1 is 1.33 bits per heavy atom. The van der Waals surface area contributed by atoms with Crippen molar-refractivity contribution in [3.8, 4) is 5.75 Å². The number of hydrogen-bond acceptors (Lipinski definition) is 6. The summed E-state index contributed by atoms with van der Waals surface area (Å²) in [6.45, 7) is 4.19. The molecule has 0 bridgehead atoms. The van der Waals surface area contributed by atoms with Gasteiger partial charge in [-0.05, 0) is 31.1 Å². The highest BCUT2D eigenvalue weighted by atomic mass is 16.6. The van der Waals surface area contributed by atoms with E-state index in [1.165, 1.54) is 32.4 Å². The molecule has 0 aliphatic carbocycles. The fourth-order valence-corrected chi connectivity index (χ4v) is 2.92. The molecular weight excluding hydrogens is 352 g/mol. The standard InChI is InChI=1S/C19H22N2O6/c1-5-6-9-20-12(2)17(19(23)27-4)14(18(20)22)10-13-7-8-16(26-3)15(11-13)21(24)25/h7-8,10-11H,5-6,9H2,1-4H3/b14-10-. The maximum atomic E-state index is 12.8. The average molecular weight is 374 g/mol. The number of esters is 1. The highest BCUT2D eigenvalue weighted by Crippen LogP contribution is 2.34. The third-order valence-corrected chi connectivity index (χ3v) is 4.35. The predicted molar refractivity (Wildman–Crippen MR) is 99.0 cm³/mol. The summed E-state index contributed by atoms with van der Waals surface area (Å²) in [5.41, 5.74) is 1.06. The third-order valence-electron chi connectivity index (χ3n) is 4.35. The molecule has 0 saturated carbocycles. The van der Waals surface area contributed by atoms with Crippen LogP contribution < -0.4 is 4.74 Å². The topological polar surface area (TPSA) is 99.0 Å². The molecule has 0 saturated heterocycles. The Labute approximate surface area is 157 Å². The van der Waals surface area contributed by atoms with E-state index in [9.17, 15) is 19.7 Å². The van der Waals surface area contributed by atoms with E-state index in [2.05, 4.69) is 0 Å². The smallest absolute Gasteiger partial charge is 0.340 e. The monoisotopic (exact) mass is 374 g/mol. The second-order valence-corrected chi connectivity index (χ2v) is 6.01. The van der Waals surface area contributed by atoms with Gasteiger partial charge in [0.2, 0.25) is 0 Å². The minimum absolute atomic E-state index is 0.115. The van der Waals surface area contributed by atoms with Crippen molar-refractivity contribution in [3.05, 3.63) is 50.7 Å². The molecule has 2 rings (SSSR count). The van der Waals surface area contributed by atoms with Crippen molar-refractivity contribution >= 4 is 23.6 Å². The van der Waals surface area contributed by atoms with Crippen LogP contribution in [0.2, 0.25) is 0 Å². The van der Waals surface area contributed by atoms with Crippen LogP contribution in [0.4, 0.5) is 5.69 Å². The Morgan fingerprint density at radius 3 is 2.59 bits per heavy atom. The van der Waals surface area contributed by atoms with Crippen LogP contribution in [-0.2, 0) is 14.3 Å². The number of benzene rings is 1. The first kappa shape index (κ1) is 20.2. The maximum Gasteiger partial charge on any atom is 0.340 e. The number of rotatable bonds is 7. The normalized spacial score (nSPS) is 15.5. The molecule has 0 fully saturated rings. The second-order valence-electron chi connectivity index (χ2n) is 6.01. The lowest BCUT2D eigenvalue weighted by atomic mass is 10.0. The minimum Gasteiger partial charge on any atom is -0.490 e. The number of nitro benzene ring substituents is 1. The number of unbranched alkanes of at least 4 members (excludes halogenated alkanes) is 1. The fraction of sp³-hybridized carbons (Fsp3) is 0.368. The Balaban J connectivity index is 2.54. The lowest BCUT2D eigenvalue weighted by Gasteiger charge is -2.17. The first-order valence-electron chi connectivity index (χ1n) is 8.51. The van der Waals surface area contributed by atoms with Gasteiger partial charge in [-0.1, -0.05) is 19.4 Å². The zero-order valence-corrected chi connectivity index (χ0v) is 15.8. The molecule has 1 aromatic carbocycles. The number of hydrogen-bond donors (Lipinski definition) is 0. The summed E-state index contributed by atoms with van der Waals surface area (Å²) in [6.07, 6.45) is 3.16. The van der Waals surface area contributed by atoms with Crippen molar-refractivity contribution in [2.75, 3.05) is 20.8 Å². The Bertz CT molecular complexity index is 841. The maximum absolute atomic E-state index is 12.8. The van der Waals surface area contributed by atoms with Crippen molar-refractivity contribution in [1.29, 1.82) is 0 Å². The van der Waals surface area contributed by atoms with Crippen molar-refractivity contribution in [2.45, 2.75) is 26.7 Å². The van der Waals surface area contributed by atoms with Crippen molar-refractivity contribution < 1.29 is 24.0 Å². The molecule has 0 N–H and O–H groups in total. The van der Waals surface area contributed by atoms with Gasteiger partial charge in [0, 0.05) is 18.3 Å². The van der Waals surface area contributed by atoms with Crippen LogP contribution in [0.5, 0.6) is 5.75 Å². The summed E-state index contributed by atoms with van der Waals surface area (Å²) in [4.78, 5) is 37.3. The molecule has 1 heterocycles. The van der Waals surface area contributed by atoms with Crippen LogP contribution in [0.25, 0.3) is 6.08 Å². The SMILES string of the molecule is CCCCN1C(=O)/C(=C\c2ccc(OC)c([N+](=O)[O-])c2)C(C(=O)OC)=C1C. The van der Waals surface area contributed by atoms with Gasteiger partial charge < -0.3 is 14.4 Å². The van der Waals surface area contributed by atoms with Crippen LogP contribution in [-0.4, -0.2) is 42.5 Å². The van der Waals surface area contributed by atoms with Gasteiger partial charge in [0.25, 0.3) is 5.91 Å². The molecule has 27 heavy (non-hydrogen) atoms. The zero-order chi connectivity index (χ0) is 20.1. The van der Waals surface area contributed by atoms with E-state index in [1.807, 2.05) is 6.92 Å². The number of allylic oxidation sites excluding steroid dienone is 1. The van der Waals surface area contributed by atoms with Crippen LogP contribution in [0.1, 0.15) is 32.3 Å². The van der Waals surface area contributed by atoms with Gasteiger partial charge in [-0.3, -0.25) is 14.9 Å². The number of carbonyl (C=O) groups excluding carboxylic acids is 2. The molecular formula is C19H22N2O6. The Hall–Kier alpha value is -3.16. The Kier molecular flexibility index (Phi) is 6.33. The highest BCUT2D eigenvalue weighted by Gasteiger charge is 2.36. The lowest BCUT2D eigenvalue weighted by molar-refractivity contribution is -0.385. The van der Waals surface area contributed by atoms with Crippen LogP contribution in [0, 0.1) is 10.1 Å². The van der Waals surface area contributed by atoms with Crippen molar-refractivity contribution in [2.24, 2.45) is 0 Å². The minimum atomic E-state index is -0.617. The molecule has 0 radical (unpaired) electrons. The quantitative estimate of drug-likeness (QED) is 0.315. The van der Waals surface area contributed by atoms with Crippen molar-refractivity contribution in [1.82, 2.24) is 4.90 Å². The first-order chi connectivity index (χ1) is 12.8. The molecule has 0 atom stereocenters. The molecule has 1 aliphatic rings. The average Bonchev–Trinajstić information content (AvgIpc) is 2.89. The molecule has 8 heteroatoms. The van der Waals surface area contributed by atoms with Crippen LogP contribution in [0.3, 0.4) is 0 Å². The number of amides is 1. The summed E-state index contributed by atoms with van der Waals surface area (Å²) < 4.78 is 9.81. The Morgan fingerprint density at radius 2 is 2.04 bits per heavy atom. The number of ether oxygens (including phenoxy) is 2.